The molecule has 12 heavy (non-hydrogen) atoms. The lowest BCUT2D eigenvalue weighted by Gasteiger charge is -2.02. The minimum Gasteiger partial charge on any atom is -0.326 e. The minimum atomic E-state index is 0.395. The van der Waals surface area contributed by atoms with E-state index in [0.29, 0.717) is 17.1 Å². The van der Waals surface area contributed by atoms with Gasteiger partial charge in [-0.15, -0.1) is 0 Å². The summed E-state index contributed by atoms with van der Waals surface area (Å²) in [6, 6.07) is 5.36. The number of rotatable bonds is 1. The van der Waals surface area contributed by atoms with Crippen LogP contribution in [0.3, 0.4) is 0 Å². The van der Waals surface area contributed by atoms with Crippen LogP contribution < -0.4 is 5.73 Å². The Morgan fingerprint density at radius 1 is 1.58 bits per heavy atom. The molecule has 2 N–H and O–H groups in total. The van der Waals surface area contributed by atoms with Crippen LogP contribution >= 0.6 is 27.5 Å². The summed E-state index contributed by atoms with van der Waals surface area (Å²) in [4.78, 5) is 0. The molecule has 0 atom stereocenters. The SMILES string of the molecule is N#Cc1cc(CN)c(Br)cc1Cl. The summed E-state index contributed by atoms with van der Waals surface area (Å²) < 4.78 is 0.842. The van der Waals surface area contributed by atoms with Gasteiger partial charge in [-0.1, -0.05) is 27.5 Å². The Labute approximate surface area is 84.1 Å². The fraction of sp³-hybridized carbons (Fsp3) is 0.125. The maximum absolute atomic E-state index is 8.64. The smallest absolute Gasteiger partial charge is 0.101 e. The molecular formula is C8H6BrClN2. The Bertz CT molecular complexity index is 344. The average Bonchev–Trinajstić information content (AvgIpc) is 2.05. The highest BCUT2D eigenvalue weighted by atomic mass is 79.9. The first-order chi connectivity index (χ1) is 5.69. The van der Waals surface area contributed by atoms with Crippen LogP contribution in [-0.4, -0.2) is 0 Å². The van der Waals surface area contributed by atoms with E-state index < -0.39 is 0 Å². The molecule has 4 heteroatoms. The van der Waals surface area contributed by atoms with Crippen LogP contribution in [0.1, 0.15) is 11.1 Å². The van der Waals surface area contributed by atoms with Crippen molar-refractivity contribution in [2.45, 2.75) is 6.54 Å². The highest BCUT2D eigenvalue weighted by Gasteiger charge is 2.04. The van der Waals surface area contributed by atoms with E-state index in [9.17, 15) is 0 Å². The molecule has 0 heterocycles. The topological polar surface area (TPSA) is 49.8 Å². The van der Waals surface area contributed by atoms with Gasteiger partial charge < -0.3 is 5.73 Å². The van der Waals surface area contributed by atoms with Crippen molar-refractivity contribution in [3.8, 4) is 6.07 Å². The Morgan fingerprint density at radius 2 is 2.25 bits per heavy atom. The number of hydrogen-bond acceptors (Lipinski definition) is 2. The summed E-state index contributed by atoms with van der Waals surface area (Å²) in [6.45, 7) is 0.395. The zero-order valence-corrected chi connectivity index (χ0v) is 8.48. The molecule has 0 aliphatic heterocycles. The Kier molecular flexibility index (Phi) is 3.10. The Morgan fingerprint density at radius 3 is 2.75 bits per heavy atom. The molecule has 0 saturated carbocycles. The molecule has 0 radical (unpaired) electrons. The number of hydrogen-bond donors (Lipinski definition) is 1. The molecule has 0 bridgehead atoms. The van der Waals surface area contributed by atoms with Crippen molar-refractivity contribution in [3.05, 3.63) is 32.8 Å². The lowest BCUT2D eigenvalue weighted by atomic mass is 10.1. The van der Waals surface area contributed by atoms with E-state index >= 15 is 0 Å². The number of benzene rings is 1. The number of nitrogens with zero attached hydrogens (tertiary/aromatic N) is 1. The van der Waals surface area contributed by atoms with E-state index in [2.05, 4.69) is 15.9 Å². The van der Waals surface area contributed by atoms with Gasteiger partial charge in [0.1, 0.15) is 6.07 Å². The van der Waals surface area contributed by atoms with Crippen molar-refractivity contribution in [2.75, 3.05) is 0 Å². The van der Waals surface area contributed by atoms with E-state index in [4.69, 9.17) is 22.6 Å². The minimum absolute atomic E-state index is 0.395. The second kappa shape index (κ2) is 3.90. The third-order valence-corrected chi connectivity index (χ3v) is 2.53. The summed E-state index contributed by atoms with van der Waals surface area (Å²) in [5.41, 5.74) is 6.79. The number of halogens is 2. The van der Waals surface area contributed by atoms with Crippen LogP contribution in [0.15, 0.2) is 16.6 Å². The van der Waals surface area contributed by atoms with Crippen LogP contribution in [-0.2, 0) is 6.54 Å². The van der Waals surface area contributed by atoms with Crippen LogP contribution in [0.2, 0.25) is 5.02 Å². The fourth-order valence-corrected chi connectivity index (χ4v) is 1.68. The lowest BCUT2D eigenvalue weighted by molar-refractivity contribution is 1.06. The first-order valence-electron chi connectivity index (χ1n) is 3.27. The van der Waals surface area contributed by atoms with Gasteiger partial charge >= 0.3 is 0 Å². The third kappa shape index (κ3) is 1.78. The second-order valence-corrected chi connectivity index (χ2v) is 3.50. The van der Waals surface area contributed by atoms with Gasteiger partial charge in [0.15, 0.2) is 0 Å². The van der Waals surface area contributed by atoms with Gasteiger partial charge in [0, 0.05) is 11.0 Å². The van der Waals surface area contributed by atoms with Crippen molar-refractivity contribution in [3.63, 3.8) is 0 Å². The summed E-state index contributed by atoms with van der Waals surface area (Å²) in [7, 11) is 0. The van der Waals surface area contributed by atoms with Crippen molar-refractivity contribution in [2.24, 2.45) is 5.73 Å². The molecule has 62 valence electrons. The van der Waals surface area contributed by atoms with Crippen molar-refractivity contribution in [1.29, 1.82) is 5.26 Å². The zero-order chi connectivity index (χ0) is 9.14. The normalized spacial score (nSPS) is 9.50. The molecule has 0 aliphatic carbocycles. The molecular weight excluding hydrogens is 239 g/mol. The molecule has 0 fully saturated rings. The van der Waals surface area contributed by atoms with Gasteiger partial charge in [-0.3, -0.25) is 0 Å². The van der Waals surface area contributed by atoms with Crippen LogP contribution in [0.5, 0.6) is 0 Å². The zero-order valence-electron chi connectivity index (χ0n) is 6.14. The summed E-state index contributed by atoms with van der Waals surface area (Å²) in [5.74, 6) is 0. The third-order valence-electron chi connectivity index (χ3n) is 1.48. The quantitative estimate of drug-likeness (QED) is 0.826. The molecule has 0 aliphatic rings. The van der Waals surface area contributed by atoms with Crippen molar-refractivity contribution < 1.29 is 0 Å². The maximum Gasteiger partial charge on any atom is 0.101 e. The van der Waals surface area contributed by atoms with Crippen molar-refractivity contribution >= 4 is 27.5 Å². The van der Waals surface area contributed by atoms with E-state index in [1.165, 1.54) is 0 Å². The highest BCUT2D eigenvalue weighted by molar-refractivity contribution is 9.10. The van der Waals surface area contributed by atoms with Gasteiger partial charge in [-0.05, 0) is 17.7 Å². The molecule has 0 amide bonds. The second-order valence-electron chi connectivity index (χ2n) is 2.24. The first kappa shape index (κ1) is 9.53. The van der Waals surface area contributed by atoms with E-state index in [-0.39, 0.29) is 0 Å². The summed E-state index contributed by atoms with van der Waals surface area (Å²) >= 11 is 9.06. The van der Waals surface area contributed by atoms with Gasteiger partial charge in [0.2, 0.25) is 0 Å². The van der Waals surface area contributed by atoms with Crippen LogP contribution in [0.25, 0.3) is 0 Å². The van der Waals surface area contributed by atoms with Crippen molar-refractivity contribution in [1.82, 2.24) is 0 Å². The van der Waals surface area contributed by atoms with Crippen LogP contribution in [0.4, 0.5) is 0 Å². The monoisotopic (exact) mass is 244 g/mol. The molecule has 1 aromatic carbocycles. The number of nitrogens with two attached hydrogens (primary N) is 1. The number of nitriles is 1. The predicted molar refractivity (Wildman–Crippen MR) is 51.8 cm³/mol. The van der Waals surface area contributed by atoms with Gasteiger partial charge in [0.25, 0.3) is 0 Å². The summed E-state index contributed by atoms with van der Waals surface area (Å²) in [5, 5.41) is 9.08. The van der Waals surface area contributed by atoms with E-state index in [1.807, 2.05) is 6.07 Å². The van der Waals surface area contributed by atoms with E-state index in [1.54, 1.807) is 12.1 Å². The lowest BCUT2D eigenvalue weighted by Crippen LogP contribution is -1.98. The molecule has 0 spiro atoms. The standard InChI is InChI=1S/C8H6BrClN2/c9-7-2-8(10)6(4-12)1-5(7)3-11/h1-2H,3,11H2. The van der Waals surface area contributed by atoms with Gasteiger partial charge in [0.05, 0.1) is 10.6 Å². The summed E-state index contributed by atoms with van der Waals surface area (Å²) in [6.07, 6.45) is 0. The van der Waals surface area contributed by atoms with Gasteiger partial charge in [-0.25, -0.2) is 0 Å². The first-order valence-corrected chi connectivity index (χ1v) is 4.44. The van der Waals surface area contributed by atoms with Crippen LogP contribution in [0, 0.1) is 11.3 Å². The largest absolute Gasteiger partial charge is 0.326 e. The fourth-order valence-electron chi connectivity index (χ4n) is 0.836. The molecule has 1 rings (SSSR count). The highest BCUT2D eigenvalue weighted by Crippen LogP contribution is 2.24. The molecule has 0 aromatic heterocycles. The predicted octanol–water partition coefficient (Wildman–Crippen LogP) is 2.43. The molecule has 2 nitrogen and oxygen atoms in total. The molecule has 0 unspecified atom stereocenters. The maximum atomic E-state index is 8.64. The molecule has 0 saturated heterocycles. The van der Waals surface area contributed by atoms with Gasteiger partial charge in [-0.2, -0.15) is 5.26 Å². The molecule has 1 aromatic rings. The van der Waals surface area contributed by atoms with E-state index in [0.717, 1.165) is 10.0 Å². The Hall–Kier alpha value is -0.560. The average molecular weight is 246 g/mol. The Balaban J connectivity index is 3.30.